The Kier molecular flexibility index (Phi) is 4.56. The van der Waals surface area contributed by atoms with Crippen LogP contribution in [0.25, 0.3) is 0 Å². The first-order chi connectivity index (χ1) is 5.17. The monoisotopic (exact) mass is 199 g/mol. The number of halogens is 2. The number of carbonyl (C=O) groups excluding carboxylic acids is 1. The largest absolute Gasteiger partial charge is 0.508 e. The van der Waals surface area contributed by atoms with Crippen molar-refractivity contribution in [2.24, 2.45) is 5.18 Å². The van der Waals surface area contributed by atoms with Crippen LogP contribution in [-0.4, -0.2) is 17.0 Å². The van der Waals surface area contributed by atoms with E-state index in [-0.39, 0.29) is 0 Å². The summed E-state index contributed by atoms with van der Waals surface area (Å²) in [4.78, 5) is 20.2. The maximum Gasteiger partial charge on any atom is 0.382 e. The fourth-order valence-electron chi connectivity index (χ4n) is 0.308. The molecule has 0 aromatic heterocycles. The number of carbonyl (C=O) groups is 1. The van der Waals surface area contributed by atoms with E-state index in [9.17, 15) is 9.70 Å². The van der Waals surface area contributed by atoms with E-state index >= 15 is 0 Å². The summed E-state index contributed by atoms with van der Waals surface area (Å²) in [5, 5.41) is 10.9. The zero-order chi connectivity index (χ0) is 8.85. The minimum atomic E-state index is -1.24. The molecule has 0 aromatic rings. The molecule has 0 bridgehead atoms. The summed E-state index contributed by atoms with van der Waals surface area (Å²) in [7, 11) is 0. The molecule has 0 aliphatic rings. The van der Waals surface area contributed by atoms with Gasteiger partial charge in [-0.3, -0.25) is 0 Å². The van der Waals surface area contributed by atoms with E-state index in [1.807, 2.05) is 0 Å². The molecule has 0 heterocycles. The van der Waals surface area contributed by atoms with E-state index in [4.69, 9.17) is 16.7 Å². The van der Waals surface area contributed by atoms with Gasteiger partial charge in [0.2, 0.25) is 5.70 Å². The Labute approximate surface area is 71.7 Å². The minimum Gasteiger partial charge on any atom is -0.508 e. The number of hydrogen-bond acceptors (Lipinski definition) is 5. The van der Waals surface area contributed by atoms with Gasteiger partial charge in [0.25, 0.3) is 0 Å². The first kappa shape index (κ1) is 10.2. The van der Waals surface area contributed by atoms with Gasteiger partial charge >= 0.3 is 5.97 Å². The highest BCUT2D eigenvalue weighted by Crippen LogP contribution is 2.07. The van der Waals surface area contributed by atoms with E-state index in [0.29, 0.717) is 0 Å². The quantitative estimate of drug-likeness (QED) is 0.323. The zero-order valence-corrected chi connectivity index (χ0v) is 6.59. The van der Waals surface area contributed by atoms with Crippen LogP contribution in [0.15, 0.2) is 16.6 Å². The lowest BCUT2D eigenvalue weighted by Crippen LogP contribution is -2.04. The van der Waals surface area contributed by atoms with Crippen LogP contribution in [0, 0.1) is 4.91 Å². The van der Waals surface area contributed by atoms with Crippen molar-refractivity contribution < 1.29 is 14.2 Å². The van der Waals surface area contributed by atoms with Gasteiger partial charge in [0.15, 0.2) is 0 Å². The summed E-state index contributed by atoms with van der Waals surface area (Å²) >= 11 is 9.66. The van der Waals surface area contributed by atoms with E-state index in [2.05, 4.69) is 21.3 Å². The van der Waals surface area contributed by atoms with Gasteiger partial charge in [-0.05, 0) is 5.18 Å². The van der Waals surface area contributed by atoms with Gasteiger partial charge in [0, 0.05) is 0 Å². The second-order valence-electron chi connectivity index (χ2n) is 1.38. The number of alkyl halides is 1. The second kappa shape index (κ2) is 4.92. The Morgan fingerprint density at radius 1 is 1.64 bits per heavy atom. The van der Waals surface area contributed by atoms with Gasteiger partial charge in [0.05, 0.1) is 5.88 Å². The van der Waals surface area contributed by atoms with Gasteiger partial charge in [0.1, 0.15) is 17.6 Å². The van der Waals surface area contributed by atoms with Crippen molar-refractivity contribution in [2.75, 3.05) is 5.88 Å². The number of hydrogen-bond donors (Lipinski definition) is 1. The SMILES string of the molecule is O=NC(C(=O)OCl)=C(O)CCl. The summed E-state index contributed by atoms with van der Waals surface area (Å²) in [6.07, 6.45) is 0. The van der Waals surface area contributed by atoms with Crippen molar-refractivity contribution in [3.8, 4) is 0 Å². The van der Waals surface area contributed by atoms with E-state index in [1.54, 1.807) is 0 Å². The van der Waals surface area contributed by atoms with Crippen molar-refractivity contribution in [3.05, 3.63) is 16.4 Å². The number of nitrogens with zero attached hydrogens (tertiary/aromatic N) is 1. The standard InChI is InChI=1S/C4H3Cl2NO4/c5-1-2(8)3(7-10)4(9)11-6/h8H,1H2. The fourth-order valence-corrected chi connectivity index (χ4v) is 0.507. The number of nitroso groups, excluding NO2 is 1. The summed E-state index contributed by atoms with van der Waals surface area (Å²) < 4.78 is 3.59. The third-order valence-electron chi connectivity index (χ3n) is 0.755. The Hall–Kier alpha value is -0.810. The number of rotatable bonds is 3. The molecule has 0 aliphatic heterocycles. The molecule has 0 amide bonds. The maximum absolute atomic E-state index is 10.4. The molecular weight excluding hydrogens is 197 g/mol. The normalized spacial score (nSPS) is 11.8. The predicted octanol–water partition coefficient (Wildman–Crippen LogP) is 1.46. The zero-order valence-electron chi connectivity index (χ0n) is 5.08. The van der Waals surface area contributed by atoms with Crippen LogP contribution in [0.2, 0.25) is 0 Å². The fraction of sp³-hybridized carbons (Fsp3) is 0.250. The molecule has 1 N–H and O–H groups in total. The molecule has 0 rings (SSSR count). The molecule has 0 aliphatic carbocycles. The van der Waals surface area contributed by atoms with Gasteiger partial charge in [-0.2, -0.15) is 0 Å². The Bertz CT molecular complexity index is 202. The highest BCUT2D eigenvalue weighted by Gasteiger charge is 2.16. The van der Waals surface area contributed by atoms with Gasteiger partial charge < -0.3 is 9.40 Å². The Morgan fingerprint density at radius 2 is 2.18 bits per heavy atom. The van der Waals surface area contributed by atoms with Crippen LogP contribution in [-0.2, 0) is 9.08 Å². The lowest BCUT2D eigenvalue weighted by molar-refractivity contribution is -0.129. The van der Waals surface area contributed by atoms with E-state index in [1.165, 1.54) is 0 Å². The molecule has 5 nitrogen and oxygen atoms in total. The Morgan fingerprint density at radius 3 is 2.45 bits per heavy atom. The maximum atomic E-state index is 10.4. The third-order valence-corrected chi connectivity index (χ3v) is 1.15. The van der Waals surface area contributed by atoms with Crippen LogP contribution < -0.4 is 0 Å². The lowest BCUT2D eigenvalue weighted by Gasteiger charge is -1.94. The van der Waals surface area contributed by atoms with Crippen LogP contribution >= 0.6 is 23.5 Å². The van der Waals surface area contributed by atoms with E-state index in [0.717, 1.165) is 0 Å². The number of aliphatic hydroxyl groups is 1. The van der Waals surface area contributed by atoms with Crippen molar-refractivity contribution in [1.29, 1.82) is 0 Å². The molecule has 7 heteroatoms. The molecule has 62 valence electrons. The summed E-state index contributed by atoms with van der Waals surface area (Å²) in [6.45, 7) is 0. The van der Waals surface area contributed by atoms with E-state index < -0.39 is 23.3 Å². The molecular formula is C4H3Cl2NO4. The Balaban J connectivity index is 4.64. The van der Waals surface area contributed by atoms with Crippen LogP contribution in [0.5, 0.6) is 0 Å². The predicted molar refractivity (Wildman–Crippen MR) is 38.1 cm³/mol. The van der Waals surface area contributed by atoms with Gasteiger partial charge in [-0.15, -0.1) is 16.5 Å². The minimum absolute atomic E-state index is 0.410. The van der Waals surface area contributed by atoms with Crippen molar-refractivity contribution >= 4 is 29.4 Å². The van der Waals surface area contributed by atoms with Crippen molar-refractivity contribution in [2.45, 2.75) is 0 Å². The summed E-state index contributed by atoms with van der Waals surface area (Å²) in [5.41, 5.74) is -0.824. The van der Waals surface area contributed by atoms with Crippen LogP contribution in [0.1, 0.15) is 0 Å². The first-order valence-corrected chi connectivity index (χ1v) is 3.16. The molecule has 0 spiro atoms. The van der Waals surface area contributed by atoms with Crippen LogP contribution in [0.4, 0.5) is 0 Å². The molecule has 11 heavy (non-hydrogen) atoms. The molecule has 0 atom stereocenters. The number of allylic oxidation sites excluding steroid dienone is 1. The lowest BCUT2D eigenvalue weighted by atomic mass is 10.4. The van der Waals surface area contributed by atoms with Gasteiger partial charge in [-0.25, -0.2) is 4.79 Å². The molecule has 0 unspecified atom stereocenters. The summed E-state index contributed by atoms with van der Waals surface area (Å²) in [5.74, 6) is -2.32. The molecule has 0 radical (unpaired) electrons. The second-order valence-corrected chi connectivity index (χ2v) is 1.81. The molecule has 0 aromatic carbocycles. The average molecular weight is 200 g/mol. The average Bonchev–Trinajstić information content (AvgIpc) is 2.05. The molecule has 0 fully saturated rings. The number of aliphatic hydroxyl groups excluding tert-OH is 1. The first-order valence-electron chi connectivity index (χ1n) is 2.31. The topological polar surface area (TPSA) is 76.0 Å². The molecule has 0 saturated carbocycles. The van der Waals surface area contributed by atoms with Crippen molar-refractivity contribution in [3.63, 3.8) is 0 Å². The highest BCUT2D eigenvalue weighted by molar-refractivity contribution is 6.20. The smallest absolute Gasteiger partial charge is 0.382 e. The molecule has 0 saturated heterocycles. The summed E-state index contributed by atoms with van der Waals surface area (Å²) in [6, 6.07) is 0. The van der Waals surface area contributed by atoms with Gasteiger partial charge in [-0.1, -0.05) is 0 Å². The third kappa shape index (κ3) is 2.73. The van der Waals surface area contributed by atoms with Crippen LogP contribution in [0.3, 0.4) is 0 Å². The highest BCUT2D eigenvalue weighted by atomic mass is 35.5. The van der Waals surface area contributed by atoms with Crippen molar-refractivity contribution in [1.82, 2.24) is 0 Å².